The summed E-state index contributed by atoms with van der Waals surface area (Å²) in [5.41, 5.74) is 1.07. The lowest BCUT2D eigenvalue weighted by atomic mass is 9.85. The quantitative estimate of drug-likeness (QED) is 0.928. The molecule has 0 aliphatic heterocycles. The summed E-state index contributed by atoms with van der Waals surface area (Å²) in [6, 6.07) is 5.83. The summed E-state index contributed by atoms with van der Waals surface area (Å²) in [4.78, 5) is 11.7. The van der Waals surface area contributed by atoms with Crippen molar-refractivity contribution in [2.75, 3.05) is 7.11 Å². The largest absolute Gasteiger partial charge is 0.496 e. The van der Waals surface area contributed by atoms with E-state index >= 15 is 0 Å². The van der Waals surface area contributed by atoms with Gasteiger partial charge in [-0.15, -0.1) is 0 Å². The number of amides is 1. The Hall–Kier alpha value is -1.03. The molecule has 1 fully saturated rings. The minimum absolute atomic E-state index is 0.184. The van der Waals surface area contributed by atoms with E-state index in [1.54, 1.807) is 7.11 Å². The van der Waals surface area contributed by atoms with Gasteiger partial charge >= 0.3 is 0 Å². The van der Waals surface area contributed by atoms with E-state index in [4.69, 9.17) is 4.74 Å². The molecule has 0 atom stereocenters. The minimum atomic E-state index is 0.184. The molecule has 1 amide bonds. The Morgan fingerprint density at radius 1 is 1.53 bits per heavy atom. The van der Waals surface area contributed by atoms with Gasteiger partial charge in [0.1, 0.15) is 5.75 Å². The SMILES string of the molecule is COc1ccc(CNC(=O)C2CCC2)cc1Br. The predicted molar refractivity (Wildman–Crippen MR) is 69.9 cm³/mol. The molecular formula is C13H16BrNO2. The smallest absolute Gasteiger partial charge is 0.223 e. The Kier molecular flexibility index (Phi) is 4.05. The van der Waals surface area contributed by atoms with E-state index in [9.17, 15) is 4.79 Å². The van der Waals surface area contributed by atoms with Crippen molar-refractivity contribution >= 4 is 21.8 Å². The predicted octanol–water partition coefficient (Wildman–Crippen LogP) is 2.87. The molecule has 4 heteroatoms. The molecule has 1 saturated carbocycles. The summed E-state index contributed by atoms with van der Waals surface area (Å²) in [7, 11) is 1.64. The van der Waals surface area contributed by atoms with Gasteiger partial charge in [0.15, 0.2) is 0 Å². The normalized spacial score (nSPS) is 15.2. The van der Waals surface area contributed by atoms with Crippen molar-refractivity contribution in [1.82, 2.24) is 5.32 Å². The van der Waals surface area contributed by atoms with E-state index in [1.807, 2.05) is 18.2 Å². The highest BCUT2D eigenvalue weighted by molar-refractivity contribution is 9.10. The summed E-state index contributed by atoms with van der Waals surface area (Å²) < 4.78 is 6.07. The van der Waals surface area contributed by atoms with Crippen LogP contribution >= 0.6 is 15.9 Å². The number of methoxy groups -OCH3 is 1. The molecule has 0 aromatic heterocycles. The van der Waals surface area contributed by atoms with Crippen molar-refractivity contribution in [2.24, 2.45) is 5.92 Å². The van der Waals surface area contributed by atoms with Crippen LogP contribution in [0.5, 0.6) is 5.75 Å². The number of rotatable bonds is 4. The highest BCUT2D eigenvalue weighted by Crippen LogP contribution is 2.27. The molecule has 92 valence electrons. The zero-order valence-electron chi connectivity index (χ0n) is 9.83. The zero-order chi connectivity index (χ0) is 12.3. The summed E-state index contributed by atoms with van der Waals surface area (Å²) in [6.45, 7) is 0.581. The van der Waals surface area contributed by atoms with Crippen LogP contribution in [-0.2, 0) is 11.3 Å². The molecular weight excluding hydrogens is 282 g/mol. The van der Waals surface area contributed by atoms with Gasteiger partial charge < -0.3 is 10.1 Å². The van der Waals surface area contributed by atoms with Crippen LogP contribution in [0.3, 0.4) is 0 Å². The lowest BCUT2D eigenvalue weighted by Gasteiger charge is -2.24. The van der Waals surface area contributed by atoms with Gasteiger partial charge in [-0.1, -0.05) is 12.5 Å². The maximum atomic E-state index is 11.7. The molecule has 1 aromatic carbocycles. The standard InChI is InChI=1S/C13H16BrNO2/c1-17-12-6-5-9(7-11(12)14)8-15-13(16)10-3-2-4-10/h5-7,10H,2-4,8H2,1H3,(H,15,16). The monoisotopic (exact) mass is 297 g/mol. The highest BCUT2D eigenvalue weighted by Gasteiger charge is 2.24. The molecule has 1 N–H and O–H groups in total. The summed E-state index contributed by atoms with van der Waals surface area (Å²) in [6.07, 6.45) is 3.27. The second kappa shape index (κ2) is 5.54. The molecule has 0 radical (unpaired) electrons. The molecule has 1 aromatic rings. The van der Waals surface area contributed by atoms with E-state index < -0.39 is 0 Å². The highest BCUT2D eigenvalue weighted by atomic mass is 79.9. The van der Waals surface area contributed by atoms with Crippen LogP contribution in [-0.4, -0.2) is 13.0 Å². The van der Waals surface area contributed by atoms with Gasteiger partial charge in [-0.2, -0.15) is 0 Å². The number of hydrogen-bond donors (Lipinski definition) is 1. The van der Waals surface area contributed by atoms with Crippen molar-refractivity contribution in [3.8, 4) is 5.75 Å². The number of nitrogens with one attached hydrogen (secondary N) is 1. The molecule has 0 bridgehead atoms. The second-order valence-electron chi connectivity index (χ2n) is 4.31. The first-order valence-electron chi connectivity index (χ1n) is 5.81. The number of ether oxygens (including phenoxy) is 1. The van der Waals surface area contributed by atoms with Crippen LogP contribution in [0.2, 0.25) is 0 Å². The van der Waals surface area contributed by atoms with Crippen molar-refractivity contribution in [3.63, 3.8) is 0 Å². The third-order valence-corrected chi connectivity index (χ3v) is 3.78. The molecule has 0 unspecified atom stereocenters. The number of benzene rings is 1. The van der Waals surface area contributed by atoms with Gasteiger partial charge in [-0.25, -0.2) is 0 Å². The molecule has 2 rings (SSSR count). The molecule has 3 nitrogen and oxygen atoms in total. The molecule has 0 spiro atoms. The zero-order valence-corrected chi connectivity index (χ0v) is 11.4. The van der Waals surface area contributed by atoms with Crippen LogP contribution in [0.25, 0.3) is 0 Å². The van der Waals surface area contributed by atoms with Crippen LogP contribution < -0.4 is 10.1 Å². The van der Waals surface area contributed by atoms with Crippen molar-refractivity contribution < 1.29 is 9.53 Å². The number of halogens is 1. The molecule has 17 heavy (non-hydrogen) atoms. The first-order chi connectivity index (χ1) is 8.20. The van der Waals surface area contributed by atoms with E-state index in [2.05, 4.69) is 21.2 Å². The molecule has 0 heterocycles. The Balaban J connectivity index is 1.90. The van der Waals surface area contributed by atoms with E-state index in [1.165, 1.54) is 6.42 Å². The van der Waals surface area contributed by atoms with Gasteiger partial charge in [0.2, 0.25) is 5.91 Å². The van der Waals surface area contributed by atoms with Gasteiger partial charge in [-0.05, 0) is 46.5 Å². The van der Waals surface area contributed by atoms with Gasteiger partial charge in [0.25, 0.3) is 0 Å². The number of hydrogen-bond acceptors (Lipinski definition) is 2. The average molecular weight is 298 g/mol. The van der Waals surface area contributed by atoms with Gasteiger partial charge in [0, 0.05) is 12.5 Å². The molecule has 1 aliphatic rings. The topological polar surface area (TPSA) is 38.3 Å². The average Bonchev–Trinajstić information content (AvgIpc) is 2.24. The van der Waals surface area contributed by atoms with Gasteiger partial charge in [-0.3, -0.25) is 4.79 Å². The van der Waals surface area contributed by atoms with Gasteiger partial charge in [0.05, 0.1) is 11.6 Å². The first-order valence-corrected chi connectivity index (χ1v) is 6.60. The van der Waals surface area contributed by atoms with E-state index in [0.29, 0.717) is 6.54 Å². The third-order valence-electron chi connectivity index (χ3n) is 3.16. The Bertz CT molecular complexity index is 416. The lowest BCUT2D eigenvalue weighted by Crippen LogP contribution is -2.33. The Morgan fingerprint density at radius 2 is 2.29 bits per heavy atom. The van der Waals surface area contributed by atoms with Crippen molar-refractivity contribution in [2.45, 2.75) is 25.8 Å². The number of carbonyl (C=O) groups excluding carboxylic acids is 1. The fourth-order valence-electron chi connectivity index (χ4n) is 1.82. The Morgan fingerprint density at radius 3 is 2.82 bits per heavy atom. The maximum Gasteiger partial charge on any atom is 0.223 e. The van der Waals surface area contributed by atoms with Crippen LogP contribution in [0, 0.1) is 5.92 Å². The summed E-state index contributed by atoms with van der Waals surface area (Å²) in [5, 5.41) is 2.96. The summed E-state index contributed by atoms with van der Waals surface area (Å²) in [5.74, 6) is 1.24. The van der Waals surface area contributed by atoms with Crippen molar-refractivity contribution in [3.05, 3.63) is 28.2 Å². The van der Waals surface area contributed by atoms with Crippen LogP contribution in [0.15, 0.2) is 22.7 Å². The van der Waals surface area contributed by atoms with Crippen molar-refractivity contribution in [1.29, 1.82) is 0 Å². The van der Waals surface area contributed by atoms with Crippen LogP contribution in [0.4, 0.5) is 0 Å². The van der Waals surface area contributed by atoms with E-state index in [-0.39, 0.29) is 11.8 Å². The second-order valence-corrected chi connectivity index (χ2v) is 5.17. The van der Waals surface area contributed by atoms with E-state index in [0.717, 1.165) is 28.6 Å². The minimum Gasteiger partial charge on any atom is -0.496 e. The Labute approximate surface area is 110 Å². The number of carbonyl (C=O) groups is 1. The molecule has 1 aliphatic carbocycles. The fraction of sp³-hybridized carbons (Fsp3) is 0.462. The molecule has 0 saturated heterocycles. The fourth-order valence-corrected chi connectivity index (χ4v) is 2.41. The van der Waals surface area contributed by atoms with Crippen LogP contribution in [0.1, 0.15) is 24.8 Å². The summed E-state index contributed by atoms with van der Waals surface area (Å²) >= 11 is 3.43. The lowest BCUT2D eigenvalue weighted by molar-refractivity contribution is -0.127. The maximum absolute atomic E-state index is 11.7. The first kappa shape index (κ1) is 12.4. The third kappa shape index (κ3) is 3.00.